The van der Waals surface area contributed by atoms with Crippen molar-refractivity contribution >= 4 is 5.91 Å². The first-order chi connectivity index (χ1) is 12.2. The molecular formula is C20H24N4O. The minimum absolute atomic E-state index is 0.0898. The van der Waals surface area contributed by atoms with Crippen LogP contribution in [0.5, 0.6) is 0 Å². The molecule has 1 aromatic heterocycles. The summed E-state index contributed by atoms with van der Waals surface area (Å²) in [6, 6.07) is 13.1. The second-order valence-electron chi connectivity index (χ2n) is 7.91. The number of H-pyrrole nitrogens is 1. The first kappa shape index (κ1) is 15.1. The molecule has 1 aliphatic carbocycles. The van der Waals surface area contributed by atoms with E-state index in [9.17, 15) is 4.79 Å². The van der Waals surface area contributed by atoms with Gasteiger partial charge >= 0.3 is 0 Å². The molecule has 0 radical (unpaired) electrons. The number of nitrogens with one attached hydrogen (secondary N) is 1. The second kappa shape index (κ2) is 5.70. The van der Waals surface area contributed by atoms with Gasteiger partial charge in [-0.1, -0.05) is 30.3 Å². The Labute approximate surface area is 148 Å². The summed E-state index contributed by atoms with van der Waals surface area (Å²) in [6.45, 7) is 2.74. The molecule has 5 rings (SSSR count). The van der Waals surface area contributed by atoms with Crippen molar-refractivity contribution in [3.05, 3.63) is 53.3 Å². The molecule has 0 spiro atoms. The molecule has 2 aliphatic heterocycles. The lowest BCUT2D eigenvalue weighted by molar-refractivity contribution is 0.0762. The lowest BCUT2D eigenvalue weighted by Crippen LogP contribution is -2.33. The molecule has 0 unspecified atom stereocenters. The maximum Gasteiger partial charge on any atom is 0.274 e. The summed E-state index contributed by atoms with van der Waals surface area (Å²) in [5.74, 6) is 1.76. The summed E-state index contributed by atoms with van der Waals surface area (Å²) in [7, 11) is 2.21. The van der Waals surface area contributed by atoms with Crippen molar-refractivity contribution < 1.29 is 4.79 Å². The number of aromatic nitrogens is 2. The van der Waals surface area contributed by atoms with Gasteiger partial charge in [0, 0.05) is 43.2 Å². The lowest BCUT2D eigenvalue weighted by Gasteiger charge is -2.26. The molecule has 3 heterocycles. The molecule has 1 N–H and O–H groups in total. The molecule has 1 aromatic carbocycles. The number of aromatic amines is 1. The number of amides is 1. The normalized spacial score (nSPS) is 29.2. The van der Waals surface area contributed by atoms with Crippen LogP contribution in [-0.2, 0) is 0 Å². The third kappa shape index (κ3) is 2.58. The van der Waals surface area contributed by atoms with Crippen LogP contribution in [0.15, 0.2) is 36.4 Å². The molecule has 2 saturated heterocycles. The fraction of sp³-hybridized carbons (Fsp3) is 0.500. The van der Waals surface area contributed by atoms with Gasteiger partial charge < -0.3 is 4.90 Å². The Balaban J connectivity index is 1.34. The van der Waals surface area contributed by atoms with Crippen molar-refractivity contribution in [1.29, 1.82) is 0 Å². The number of carbonyl (C=O) groups excluding carboxylic acids is 1. The van der Waals surface area contributed by atoms with Crippen LogP contribution in [0.3, 0.4) is 0 Å². The Morgan fingerprint density at radius 3 is 2.72 bits per heavy atom. The highest BCUT2D eigenvalue weighted by Gasteiger charge is 2.47. The smallest absolute Gasteiger partial charge is 0.274 e. The van der Waals surface area contributed by atoms with E-state index in [0.29, 0.717) is 29.5 Å². The van der Waals surface area contributed by atoms with Crippen molar-refractivity contribution in [2.24, 2.45) is 11.8 Å². The average Bonchev–Trinajstić information content (AvgIpc) is 3.09. The third-order valence-corrected chi connectivity index (χ3v) is 6.16. The monoisotopic (exact) mass is 336 g/mol. The second-order valence-corrected chi connectivity index (χ2v) is 7.91. The van der Waals surface area contributed by atoms with Crippen LogP contribution >= 0.6 is 0 Å². The first-order valence-electron chi connectivity index (χ1n) is 9.30. The molecule has 25 heavy (non-hydrogen) atoms. The van der Waals surface area contributed by atoms with Crippen LogP contribution in [0.1, 0.15) is 46.5 Å². The Kier molecular flexibility index (Phi) is 3.45. The number of hydrogen-bond donors (Lipinski definition) is 1. The van der Waals surface area contributed by atoms with E-state index in [1.165, 1.54) is 18.4 Å². The molecule has 0 bridgehead atoms. The van der Waals surface area contributed by atoms with Gasteiger partial charge in [0.05, 0.1) is 0 Å². The summed E-state index contributed by atoms with van der Waals surface area (Å²) in [5, 5.41) is 7.34. The van der Waals surface area contributed by atoms with E-state index < -0.39 is 0 Å². The molecule has 2 aromatic rings. The molecule has 3 atom stereocenters. The maximum atomic E-state index is 12.9. The maximum absolute atomic E-state index is 12.9. The van der Waals surface area contributed by atoms with E-state index in [2.05, 4.69) is 52.5 Å². The van der Waals surface area contributed by atoms with Crippen LogP contribution in [-0.4, -0.2) is 52.6 Å². The topological polar surface area (TPSA) is 52.2 Å². The van der Waals surface area contributed by atoms with Crippen LogP contribution in [0.25, 0.3) is 0 Å². The quantitative estimate of drug-likeness (QED) is 0.937. The number of rotatable bonds is 3. The van der Waals surface area contributed by atoms with Gasteiger partial charge in [-0.05, 0) is 37.4 Å². The average molecular weight is 336 g/mol. The van der Waals surface area contributed by atoms with Gasteiger partial charge in [-0.3, -0.25) is 14.8 Å². The molecular weight excluding hydrogens is 312 g/mol. The van der Waals surface area contributed by atoms with Gasteiger partial charge in [-0.25, -0.2) is 0 Å². The van der Waals surface area contributed by atoms with Gasteiger partial charge in [0.15, 0.2) is 0 Å². The van der Waals surface area contributed by atoms with Crippen molar-refractivity contribution in [1.82, 2.24) is 20.0 Å². The summed E-state index contributed by atoms with van der Waals surface area (Å²) < 4.78 is 0. The molecule has 130 valence electrons. The zero-order valence-electron chi connectivity index (χ0n) is 14.6. The van der Waals surface area contributed by atoms with E-state index in [0.717, 1.165) is 25.3 Å². The molecule has 1 saturated carbocycles. The predicted molar refractivity (Wildman–Crippen MR) is 95.3 cm³/mol. The fourth-order valence-electron chi connectivity index (χ4n) is 4.79. The fourth-order valence-corrected chi connectivity index (χ4v) is 4.79. The summed E-state index contributed by atoms with van der Waals surface area (Å²) in [4.78, 5) is 17.4. The Hall–Kier alpha value is -2.14. The Morgan fingerprint density at radius 2 is 1.96 bits per heavy atom. The molecule has 5 nitrogen and oxygen atoms in total. The van der Waals surface area contributed by atoms with E-state index in [1.807, 2.05) is 11.0 Å². The highest BCUT2D eigenvalue weighted by Crippen LogP contribution is 2.44. The Bertz CT molecular complexity index is 782. The Morgan fingerprint density at radius 1 is 1.16 bits per heavy atom. The van der Waals surface area contributed by atoms with E-state index in [1.54, 1.807) is 0 Å². The van der Waals surface area contributed by atoms with Gasteiger partial charge in [0.25, 0.3) is 5.91 Å². The zero-order chi connectivity index (χ0) is 17.0. The largest absolute Gasteiger partial charge is 0.337 e. The number of likely N-dealkylation sites (tertiary alicyclic amines) is 2. The van der Waals surface area contributed by atoms with Crippen molar-refractivity contribution in [3.63, 3.8) is 0 Å². The van der Waals surface area contributed by atoms with Gasteiger partial charge in [0.2, 0.25) is 0 Å². The summed E-state index contributed by atoms with van der Waals surface area (Å²) in [5.41, 5.74) is 3.08. The lowest BCUT2D eigenvalue weighted by atomic mass is 9.90. The van der Waals surface area contributed by atoms with Gasteiger partial charge in [-0.2, -0.15) is 5.10 Å². The minimum Gasteiger partial charge on any atom is -0.337 e. The van der Waals surface area contributed by atoms with Crippen molar-refractivity contribution in [3.8, 4) is 0 Å². The number of fused-ring (bicyclic) bond motifs is 1. The number of nitrogens with zero attached hydrogens (tertiary/aromatic N) is 3. The number of hydrogen-bond acceptors (Lipinski definition) is 3. The van der Waals surface area contributed by atoms with Crippen molar-refractivity contribution in [2.45, 2.75) is 24.8 Å². The molecule has 5 heteroatoms. The van der Waals surface area contributed by atoms with Gasteiger partial charge in [0.1, 0.15) is 5.69 Å². The first-order valence-corrected chi connectivity index (χ1v) is 9.30. The highest BCUT2D eigenvalue weighted by atomic mass is 16.2. The van der Waals surface area contributed by atoms with Crippen LogP contribution < -0.4 is 0 Å². The van der Waals surface area contributed by atoms with E-state index in [4.69, 9.17) is 0 Å². The zero-order valence-corrected chi connectivity index (χ0v) is 14.6. The van der Waals surface area contributed by atoms with E-state index >= 15 is 0 Å². The standard InChI is InChI=1S/C20H24N4O/c1-23-10-15-11-24(12-16(15)19(23)14-5-3-2-4-6-14)20(25)18-9-17(21-22-18)13-7-8-13/h2-6,9,13,15-16,19H,7-8,10-12H2,1H3,(H,21,22)/t15-,16+,19-/m0/s1. The highest BCUT2D eigenvalue weighted by molar-refractivity contribution is 5.92. The SMILES string of the molecule is CN1C[C@H]2CN(C(=O)c3cc(C4CC4)[nH]n3)C[C@H]2[C@@H]1c1ccccc1. The van der Waals surface area contributed by atoms with Crippen LogP contribution in [0.2, 0.25) is 0 Å². The predicted octanol–water partition coefficient (Wildman–Crippen LogP) is 2.66. The van der Waals surface area contributed by atoms with Gasteiger partial charge in [-0.15, -0.1) is 0 Å². The third-order valence-electron chi connectivity index (χ3n) is 6.16. The molecule has 3 fully saturated rings. The molecule has 3 aliphatic rings. The summed E-state index contributed by atoms with van der Waals surface area (Å²) >= 11 is 0. The molecule has 1 amide bonds. The van der Waals surface area contributed by atoms with Crippen LogP contribution in [0, 0.1) is 11.8 Å². The minimum atomic E-state index is 0.0898. The number of benzene rings is 1. The van der Waals surface area contributed by atoms with E-state index in [-0.39, 0.29) is 5.91 Å². The summed E-state index contributed by atoms with van der Waals surface area (Å²) in [6.07, 6.45) is 2.43. The number of carbonyl (C=O) groups is 1. The van der Waals surface area contributed by atoms with Crippen LogP contribution in [0.4, 0.5) is 0 Å². The van der Waals surface area contributed by atoms with Crippen molar-refractivity contribution in [2.75, 3.05) is 26.7 Å².